The van der Waals surface area contributed by atoms with Gasteiger partial charge in [0, 0.05) is 68.3 Å². The second-order valence-electron chi connectivity index (χ2n) is 6.46. The Hall–Kier alpha value is -2.52. The normalized spacial score (nSPS) is 20.5. The van der Waals surface area contributed by atoms with Gasteiger partial charge in [0.1, 0.15) is 6.10 Å². The molecule has 4 rings (SSSR count). The highest BCUT2D eigenvalue weighted by atomic mass is 32.1. The van der Waals surface area contributed by atoms with Gasteiger partial charge >= 0.3 is 0 Å². The molecule has 3 aromatic rings. The van der Waals surface area contributed by atoms with Crippen LogP contribution in [0.4, 0.5) is 5.13 Å². The molecule has 136 valence electrons. The zero-order chi connectivity index (χ0) is 18.1. The van der Waals surface area contributed by atoms with E-state index in [1.165, 1.54) is 18.3 Å². The number of likely N-dealkylation sites (tertiary alicyclic amines) is 1. The number of aromatic nitrogens is 4. The number of hydrogen-bond donors (Lipinski definition) is 1. The Morgan fingerprint density at radius 3 is 2.96 bits per heavy atom. The van der Waals surface area contributed by atoms with Crippen molar-refractivity contribution in [3.63, 3.8) is 0 Å². The second kappa shape index (κ2) is 7.00. The molecule has 9 heteroatoms. The summed E-state index contributed by atoms with van der Waals surface area (Å²) in [6.07, 6.45) is 10.0. The van der Waals surface area contributed by atoms with Gasteiger partial charge in [0.25, 0.3) is 5.88 Å². The fraction of sp³-hybridized carbons (Fsp3) is 0.412. The molecule has 0 bridgehead atoms. The molecule has 8 nitrogen and oxygen atoms in total. The van der Waals surface area contributed by atoms with Crippen molar-refractivity contribution >= 4 is 28.0 Å². The van der Waals surface area contributed by atoms with Gasteiger partial charge in [-0.3, -0.25) is 9.69 Å². The third-order valence-corrected chi connectivity index (χ3v) is 5.32. The number of nitrogens with zero attached hydrogens (tertiary/aromatic N) is 5. The molecule has 26 heavy (non-hydrogen) atoms. The fourth-order valence-corrected chi connectivity index (χ4v) is 4.10. The highest BCUT2D eigenvalue weighted by molar-refractivity contribution is 7.15. The van der Waals surface area contributed by atoms with Gasteiger partial charge in [-0.1, -0.05) is 0 Å². The second-order valence-corrected chi connectivity index (χ2v) is 7.57. The average Bonchev–Trinajstić information content (AvgIpc) is 3.29. The highest BCUT2D eigenvalue weighted by Crippen LogP contribution is 2.27. The summed E-state index contributed by atoms with van der Waals surface area (Å²) in [6, 6.07) is 0.394. The van der Waals surface area contributed by atoms with E-state index in [0.29, 0.717) is 17.1 Å². The van der Waals surface area contributed by atoms with Crippen molar-refractivity contribution in [3.8, 4) is 5.88 Å². The first-order chi connectivity index (χ1) is 12.6. The van der Waals surface area contributed by atoms with Crippen LogP contribution in [0.5, 0.6) is 5.88 Å². The zero-order valence-electron chi connectivity index (χ0n) is 14.6. The smallest absolute Gasteiger partial charge is 0.258 e. The van der Waals surface area contributed by atoms with E-state index in [0.717, 1.165) is 30.0 Å². The highest BCUT2D eigenvalue weighted by Gasteiger charge is 2.31. The summed E-state index contributed by atoms with van der Waals surface area (Å²) in [4.78, 5) is 27.5. The molecule has 1 aliphatic heterocycles. The van der Waals surface area contributed by atoms with Crippen LogP contribution < -0.4 is 10.1 Å². The molecule has 0 aliphatic carbocycles. The summed E-state index contributed by atoms with van der Waals surface area (Å²) in [5.41, 5.74) is 0.737. The molecule has 2 atom stereocenters. The molecule has 2 unspecified atom stereocenters. The van der Waals surface area contributed by atoms with Crippen LogP contribution in [0, 0.1) is 0 Å². The lowest BCUT2D eigenvalue weighted by Gasteiger charge is -2.19. The van der Waals surface area contributed by atoms with E-state index in [4.69, 9.17) is 4.74 Å². The van der Waals surface area contributed by atoms with E-state index in [-0.39, 0.29) is 12.0 Å². The van der Waals surface area contributed by atoms with E-state index < -0.39 is 0 Å². The van der Waals surface area contributed by atoms with Crippen LogP contribution in [0.3, 0.4) is 0 Å². The largest absolute Gasteiger partial charge is 0.470 e. The molecule has 1 saturated heterocycles. The van der Waals surface area contributed by atoms with E-state index in [2.05, 4.69) is 32.1 Å². The molecular weight excluding hydrogens is 352 g/mol. The van der Waals surface area contributed by atoms with Gasteiger partial charge in [0.2, 0.25) is 5.91 Å². The van der Waals surface area contributed by atoms with Crippen molar-refractivity contribution in [2.24, 2.45) is 0 Å². The average molecular weight is 372 g/mol. The maximum absolute atomic E-state index is 11.1. The Kier molecular flexibility index (Phi) is 4.56. The molecule has 1 fully saturated rings. The van der Waals surface area contributed by atoms with Gasteiger partial charge in [-0.2, -0.15) is 0 Å². The van der Waals surface area contributed by atoms with Gasteiger partial charge in [0.15, 0.2) is 10.8 Å². The maximum Gasteiger partial charge on any atom is 0.258 e. The lowest BCUT2D eigenvalue weighted by molar-refractivity contribution is -0.114. The van der Waals surface area contributed by atoms with E-state index in [1.807, 2.05) is 23.0 Å². The molecule has 0 spiro atoms. The van der Waals surface area contributed by atoms with Crippen LogP contribution in [0.1, 0.15) is 25.1 Å². The first-order valence-electron chi connectivity index (χ1n) is 8.49. The number of anilines is 1. The summed E-state index contributed by atoms with van der Waals surface area (Å²) in [5, 5.41) is 3.37. The number of amides is 1. The summed E-state index contributed by atoms with van der Waals surface area (Å²) < 4.78 is 8.04. The molecule has 0 radical (unpaired) electrons. The van der Waals surface area contributed by atoms with Gasteiger partial charge in [-0.05, 0) is 6.92 Å². The molecule has 1 amide bonds. The van der Waals surface area contributed by atoms with Crippen LogP contribution in [-0.2, 0) is 11.3 Å². The van der Waals surface area contributed by atoms with Gasteiger partial charge < -0.3 is 14.5 Å². The first kappa shape index (κ1) is 16.9. The van der Waals surface area contributed by atoms with E-state index in [1.54, 1.807) is 12.4 Å². The number of ether oxygens (including phenoxy) is 1. The van der Waals surface area contributed by atoms with Gasteiger partial charge in [-0.15, -0.1) is 11.3 Å². The number of nitrogens with one attached hydrogen (secondary N) is 1. The lowest BCUT2D eigenvalue weighted by Crippen LogP contribution is -2.27. The van der Waals surface area contributed by atoms with Crippen LogP contribution in [-0.4, -0.2) is 48.9 Å². The van der Waals surface area contributed by atoms with Crippen LogP contribution in [0.2, 0.25) is 0 Å². The molecule has 0 saturated carbocycles. The molecular formula is C17H20N6O2S. The number of carbonyl (C=O) groups excluding carboxylic acids is 1. The SMILES string of the molecule is CC(=O)Nc1ncc(CN2CC(Oc3nccn4ccnc34)CC2C)s1. The topological polar surface area (TPSA) is 84.7 Å². The van der Waals surface area contributed by atoms with Crippen LogP contribution in [0.15, 0.2) is 31.0 Å². The summed E-state index contributed by atoms with van der Waals surface area (Å²) in [7, 11) is 0. The third-order valence-electron chi connectivity index (χ3n) is 4.42. The molecule has 0 aromatic carbocycles. The summed E-state index contributed by atoms with van der Waals surface area (Å²) in [5.74, 6) is 0.469. The standard InChI is InChI=1S/C17H20N6O2S/c1-11-7-13(25-16-15-18-3-5-22(15)6-4-19-16)9-23(11)10-14-8-20-17(26-14)21-12(2)24/h3-6,8,11,13H,7,9-10H2,1-2H3,(H,20,21,24). The summed E-state index contributed by atoms with van der Waals surface area (Å²) >= 11 is 1.51. The lowest BCUT2D eigenvalue weighted by atomic mass is 10.2. The molecule has 3 aromatic heterocycles. The number of carbonyl (C=O) groups is 1. The summed E-state index contributed by atoms with van der Waals surface area (Å²) in [6.45, 7) is 5.29. The molecule has 1 aliphatic rings. The first-order valence-corrected chi connectivity index (χ1v) is 9.31. The number of imidazole rings is 1. The minimum Gasteiger partial charge on any atom is -0.470 e. The zero-order valence-corrected chi connectivity index (χ0v) is 15.4. The van der Waals surface area contributed by atoms with Crippen molar-refractivity contribution in [1.29, 1.82) is 0 Å². The minimum atomic E-state index is -0.102. The Morgan fingerprint density at radius 1 is 1.35 bits per heavy atom. The van der Waals surface area contributed by atoms with Crippen LogP contribution in [0.25, 0.3) is 5.65 Å². The quantitative estimate of drug-likeness (QED) is 0.739. The predicted octanol–water partition coefficient (Wildman–Crippen LogP) is 2.19. The van der Waals surface area contributed by atoms with Gasteiger partial charge in [0.05, 0.1) is 0 Å². The maximum atomic E-state index is 11.1. The van der Waals surface area contributed by atoms with E-state index >= 15 is 0 Å². The Morgan fingerprint density at radius 2 is 2.15 bits per heavy atom. The predicted molar refractivity (Wildman–Crippen MR) is 98.3 cm³/mol. The minimum absolute atomic E-state index is 0.0723. The Bertz CT molecular complexity index is 923. The van der Waals surface area contributed by atoms with Crippen LogP contribution >= 0.6 is 11.3 Å². The van der Waals surface area contributed by atoms with Crippen molar-refractivity contribution in [2.75, 3.05) is 11.9 Å². The monoisotopic (exact) mass is 372 g/mol. The Labute approximate surface area is 154 Å². The molecule has 4 heterocycles. The number of fused-ring (bicyclic) bond motifs is 1. The number of thiazole rings is 1. The van der Waals surface area contributed by atoms with Crippen molar-refractivity contribution in [1.82, 2.24) is 24.3 Å². The van der Waals surface area contributed by atoms with Crippen molar-refractivity contribution in [2.45, 2.75) is 39.0 Å². The van der Waals surface area contributed by atoms with Gasteiger partial charge in [-0.25, -0.2) is 15.0 Å². The number of rotatable bonds is 5. The van der Waals surface area contributed by atoms with Crippen molar-refractivity contribution < 1.29 is 9.53 Å². The third kappa shape index (κ3) is 3.54. The molecule has 1 N–H and O–H groups in total. The number of hydrogen-bond acceptors (Lipinski definition) is 7. The fourth-order valence-electron chi connectivity index (χ4n) is 3.21. The Balaban J connectivity index is 1.40. The van der Waals surface area contributed by atoms with Crippen molar-refractivity contribution in [3.05, 3.63) is 35.9 Å². The van der Waals surface area contributed by atoms with E-state index in [9.17, 15) is 4.79 Å².